The van der Waals surface area contributed by atoms with Crippen LogP contribution in [0.5, 0.6) is 0 Å². The van der Waals surface area contributed by atoms with Crippen molar-refractivity contribution < 1.29 is 14.7 Å². The fraction of sp³-hybridized carbons (Fsp3) is 0.800. The van der Waals surface area contributed by atoms with Crippen LogP contribution in [-0.4, -0.2) is 35.1 Å². The van der Waals surface area contributed by atoms with Gasteiger partial charge in [0.05, 0.1) is 6.10 Å². The summed E-state index contributed by atoms with van der Waals surface area (Å²) in [6.07, 6.45) is -0.0515. The zero-order valence-corrected chi connectivity index (χ0v) is 9.28. The van der Waals surface area contributed by atoms with Crippen LogP contribution in [0.1, 0.15) is 27.2 Å². The summed E-state index contributed by atoms with van der Waals surface area (Å²) in [7, 11) is 0. The Kier molecular flexibility index (Phi) is 3.68. The summed E-state index contributed by atoms with van der Waals surface area (Å²) in [4.78, 5) is 23.1. The number of piperazine rings is 1. The van der Waals surface area contributed by atoms with E-state index in [9.17, 15) is 14.7 Å². The highest BCUT2D eigenvalue weighted by Crippen LogP contribution is 2.12. The minimum atomic E-state index is -0.869. The van der Waals surface area contributed by atoms with Crippen molar-refractivity contribution in [3.05, 3.63) is 0 Å². The largest absolute Gasteiger partial charge is 0.391 e. The van der Waals surface area contributed by atoms with Crippen LogP contribution in [-0.2, 0) is 9.59 Å². The predicted molar refractivity (Wildman–Crippen MR) is 55.0 cm³/mol. The Hall–Kier alpha value is -1.10. The monoisotopic (exact) mass is 214 g/mol. The van der Waals surface area contributed by atoms with Crippen molar-refractivity contribution in [3.8, 4) is 0 Å². The highest BCUT2D eigenvalue weighted by atomic mass is 16.3. The first kappa shape index (κ1) is 12.0. The molecule has 5 heteroatoms. The second-order valence-corrected chi connectivity index (χ2v) is 4.10. The number of nitrogens with one attached hydrogen (secondary N) is 2. The van der Waals surface area contributed by atoms with Crippen molar-refractivity contribution in [1.29, 1.82) is 0 Å². The summed E-state index contributed by atoms with van der Waals surface area (Å²) in [6.45, 7) is 5.35. The molecule has 0 aromatic carbocycles. The van der Waals surface area contributed by atoms with Gasteiger partial charge in [-0.15, -0.1) is 0 Å². The van der Waals surface area contributed by atoms with Crippen molar-refractivity contribution in [2.24, 2.45) is 5.92 Å². The third kappa shape index (κ3) is 2.47. The molecular weight excluding hydrogens is 196 g/mol. The third-order valence-electron chi connectivity index (χ3n) is 2.86. The molecule has 15 heavy (non-hydrogen) atoms. The van der Waals surface area contributed by atoms with E-state index in [4.69, 9.17) is 0 Å². The lowest BCUT2D eigenvalue weighted by Gasteiger charge is -2.33. The summed E-state index contributed by atoms with van der Waals surface area (Å²) < 4.78 is 0. The Labute approximate surface area is 89.2 Å². The van der Waals surface area contributed by atoms with Crippen molar-refractivity contribution in [3.63, 3.8) is 0 Å². The SMILES string of the molecule is CCC(C)[C@H]1NC(=O)[C@@H](C(C)O)NC1=O. The van der Waals surface area contributed by atoms with Crippen LogP contribution in [0.2, 0.25) is 0 Å². The van der Waals surface area contributed by atoms with Gasteiger partial charge in [0.1, 0.15) is 12.1 Å². The Morgan fingerprint density at radius 1 is 1.20 bits per heavy atom. The summed E-state index contributed by atoms with van der Waals surface area (Å²) >= 11 is 0. The normalized spacial score (nSPS) is 30.4. The van der Waals surface area contributed by atoms with Gasteiger partial charge in [0.2, 0.25) is 11.8 Å². The molecule has 0 bridgehead atoms. The molecule has 0 aromatic heterocycles. The van der Waals surface area contributed by atoms with Crippen LogP contribution in [0, 0.1) is 5.92 Å². The summed E-state index contributed by atoms with van der Waals surface area (Å²) in [5, 5.41) is 14.4. The van der Waals surface area contributed by atoms with E-state index in [1.807, 2.05) is 13.8 Å². The highest BCUT2D eigenvalue weighted by Gasteiger charge is 2.37. The first-order valence-corrected chi connectivity index (χ1v) is 5.26. The van der Waals surface area contributed by atoms with E-state index in [0.717, 1.165) is 6.42 Å². The van der Waals surface area contributed by atoms with E-state index in [-0.39, 0.29) is 17.7 Å². The minimum Gasteiger partial charge on any atom is -0.391 e. The lowest BCUT2D eigenvalue weighted by atomic mass is 9.95. The molecular formula is C10H18N2O3. The average Bonchev–Trinajstić information content (AvgIpc) is 2.19. The van der Waals surface area contributed by atoms with Crippen LogP contribution < -0.4 is 10.6 Å². The van der Waals surface area contributed by atoms with Crippen molar-refractivity contribution in [2.45, 2.75) is 45.4 Å². The molecule has 1 heterocycles. The molecule has 1 fully saturated rings. The van der Waals surface area contributed by atoms with Gasteiger partial charge in [-0.2, -0.15) is 0 Å². The number of hydrogen-bond donors (Lipinski definition) is 3. The van der Waals surface area contributed by atoms with E-state index in [1.54, 1.807) is 0 Å². The van der Waals surface area contributed by atoms with Gasteiger partial charge in [-0.25, -0.2) is 0 Å². The number of carbonyl (C=O) groups is 2. The van der Waals surface area contributed by atoms with Gasteiger partial charge < -0.3 is 15.7 Å². The first-order valence-electron chi connectivity index (χ1n) is 5.26. The Morgan fingerprint density at radius 3 is 2.13 bits per heavy atom. The van der Waals surface area contributed by atoms with Crippen molar-refractivity contribution >= 4 is 11.8 Å². The molecule has 1 aliphatic rings. The third-order valence-corrected chi connectivity index (χ3v) is 2.86. The molecule has 0 spiro atoms. The Balaban J connectivity index is 2.71. The standard InChI is InChI=1S/C10H18N2O3/c1-4-5(2)7-9(14)12-8(6(3)13)10(15)11-7/h5-8,13H,4H2,1-3H3,(H,11,15)(H,12,14)/t5?,6?,7-,8-/m1/s1. The summed E-state index contributed by atoms with van der Waals surface area (Å²) in [5.41, 5.74) is 0. The van der Waals surface area contributed by atoms with E-state index in [1.165, 1.54) is 6.92 Å². The fourth-order valence-corrected chi connectivity index (χ4v) is 1.59. The first-order chi connectivity index (χ1) is 6.97. The topological polar surface area (TPSA) is 78.4 Å². The molecule has 1 aliphatic heterocycles. The van der Waals surface area contributed by atoms with Crippen LogP contribution in [0.3, 0.4) is 0 Å². The molecule has 2 unspecified atom stereocenters. The quantitative estimate of drug-likeness (QED) is 0.587. The zero-order chi connectivity index (χ0) is 11.6. The molecule has 0 aliphatic carbocycles. The molecule has 0 radical (unpaired) electrons. The van der Waals surface area contributed by atoms with Gasteiger partial charge in [-0.3, -0.25) is 9.59 Å². The van der Waals surface area contributed by atoms with Gasteiger partial charge in [0.25, 0.3) is 0 Å². The second-order valence-electron chi connectivity index (χ2n) is 4.10. The lowest BCUT2D eigenvalue weighted by Crippen LogP contribution is -2.66. The average molecular weight is 214 g/mol. The number of aliphatic hydroxyl groups is 1. The number of rotatable bonds is 3. The smallest absolute Gasteiger partial charge is 0.245 e. The van der Waals surface area contributed by atoms with E-state index < -0.39 is 18.2 Å². The maximum Gasteiger partial charge on any atom is 0.245 e. The molecule has 3 N–H and O–H groups in total. The predicted octanol–water partition coefficient (Wildman–Crippen LogP) is -0.603. The number of amides is 2. The molecule has 86 valence electrons. The van der Waals surface area contributed by atoms with Crippen molar-refractivity contribution in [2.75, 3.05) is 0 Å². The van der Waals surface area contributed by atoms with Gasteiger partial charge in [0.15, 0.2) is 0 Å². The zero-order valence-electron chi connectivity index (χ0n) is 9.28. The molecule has 1 rings (SSSR count). The van der Waals surface area contributed by atoms with Crippen LogP contribution in [0.25, 0.3) is 0 Å². The molecule has 0 saturated carbocycles. The molecule has 2 amide bonds. The Morgan fingerprint density at radius 2 is 1.67 bits per heavy atom. The second kappa shape index (κ2) is 4.61. The number of carbonyl (C=O) groups excluding carboxylic acids is 2. The summed E-state index contributed by atoms with van der Waals surface area (Å²) in [5.74, 6) is -0.423. The van der Waals surface area contributed by atoms with Gasteiger partial charge in [-0.1, -0.05) is 20.3 Å². The number of aliphatic hydroxyl groups excluding tert-OH is 1. The van der Waals surface area contributed by atoms with E-state index >= 15 is 0 Å². The summed E-state index contributed by atoms with van der Waals surface area (Å²) in [6, 6.07) is -1.30. The van der Waals surface area contributed by atoms with E-state index in [0.29, 0.717) is 0 Å². The van der Waals surface area contributed by atoms with Crippen LogP contribution in [0.15, 0.2) is 0 Å². The van der Waals surface area contributed by atoms with E-state index in [2.05, 4.69) is 10.6 Å². The molecule has 4 atom stereocenters. The molecule has 1 saturated heterocycles. The van der Waals surface area contributed by atoms with Gasteiger partial charge in [-0.05, 0) is 12.8 Å². The maximum absolute atomic E-state index is 11.6. The maximum atomic E-state index is 11.6. The van der Waals surface area contributed by atoms with Crippen molar-refractivity contribution in [1.82, 2.24) is 10.6 Å². The number of hydrogen-bond acceptors (Lipinski definition) is 3. The van der Waals surface area contributed by atoms with Crippen LogP contribution >= 0.6 is 0 Å². The molecule has 0 aromatic rings. The van der Waals surface area contributed by atoms with Gasteiger partial charge >= 0.3 is 0 Å². The minimum absolute atomic E-state index is 0.101. The lowest BCUT2D eigenvalue weighted by molar-refractivity contribution is -0.140. The fourth-order valence-electron chi connectivity index (χ4n) is 1.59. The highest BCUT2D eigenvalue weighted by molar-refractivity contribution is 5.97. The van der Waals surface area contributed by atoms with Gasteiger partial charge in [0, 0.05) is 0 Å². The van der Waals surface area contributed by atoms with Crippen LogP contribution in [0.4, 0.5) is 0 Å². The Bertz CT molecular complexity index is 265. The molecule has 5 nitrogen and oxygen atoms in total.